The van der Waals surface area contributed by atoms with Gasteiger partial charge < -0.3 is 9.47 Å². The van der Waals surface area contributed by atoms with E-state index in [1.165, 1.54) is 12.1 Å². The molecule has 2 heterocycles. The number of fused-ring (bicyclic) bond motifs is 3. The van der Waals surface area contributed by atoms with Crippen LogP contribution in [0, 0.1) is 16.0 Å². The summed E-state index contributed by atoms with van der Waals surface area (Å²) in [6.07, 6.45) is 4.19. The number of sulfonamides is 1. The Hall–Kier alpha value is -2.56. The van der Waals surface area contributed by atoms with Crippen LogP contribution in [0.5, 0.6) is 0 Å². The van der Waals surface area contributed by atoms with Crippen LogP contribution in [-0.4, -0.2) is 43.7 Å². The van der Waals surface area contributed by atoms with Gasteiger partial charge in [-0.15, -0.1) is 0 Å². The number of non-ortho nitro benzene ring substituents is 1. The molecular weight excluding hydrogens is 424 g/mol. The smallest absolute Gasteiger partial charge is 0.334 e. The molecule has 31 heavy (non-hydrogen) atoms. The fourth-order valence-electron chi connectivity index (χ4n) is 4.30. The van der Waals surface area contributed by atoms with Crippen molar-refractivity contribution in [2.75, 3.05) is 6.54 Å². The standard InChI is InChI=1S/C21H24N2O7S/c1-13-17-10-5-14(4-3-11-21(2)19(30-21)18(17)29-20(13)24)12-22-31(27,28)16-8-6-15(7-9-16)23(25)26/h4,6-9,17-19,22H,1,3,5,10-12H2,2H3/b14-4+/t17-,18-,19-,21+/m0/s1. The quantitative estimate of drug-likeness (QED) is 0.183. The number of carbonyl (C=O) groups is 1. The summed E-state index contributed by atoms with van der Waals surface area (Å²) in [6, 6.07) is 4.74. The van der Waals surface area contributed by atoms with Gasteiger partial charge in [0.05, 0.1) is 15.4 Å². The number of ether oxygens (including phenoxy) is 2. The van der Waals surface area contributed by atoms with Crippen molar-refractivity contribution in [1.82, 2.24) is 4.72 Å². The summed E-state index contributed by atoms with van der Waals surface area (Å²) in [5.41, 5.74) is 0.810. The second-order valence-electron chi connectivity index (χ2n) is 8.37. The zero-order valence-corrected chi connectivity index (χ0v) is 17.9. The van der Waals surface area contributed by atoms with Crippen LogP contribution >= 0.6 is 0 Å². The Morgan fingerprint density at radius 2 is 2.03 bits per heavy atom. The Morgan fingerprint density at radius 1 is 1.32 bits per heavy atom. The van der Waals surface area contributed by atoms with E-state index in [4.69, 9.17) is 9.47 Å². The summed E-state index contributed by atoms with van der Waals surface area (Å²) in [5, 5.41) is 10.8. The number of benzene rings is 1. The second kappa shape index (κ2) is 7.85. The maximum Gasteiger partial charge on any atom is 0.334 e. The molecule has 0 radical (unpaired) electrons. The summed E-state index contributed by atoms with van der Waals surface area (Å²) < 4.78 is 39.2. The molecule has 0 amide bonds. The Labute approximate surface area is 180 Å². The highest BCUT2D eigenvalue weighted by molar-refractivity contribution is 7.89. The van der Waals surface area contributed by atoms with Gasteiger partial charge >= 0.3 is 5.97 Å². The van der Waals surface area contributed by atoms with E-state index in [0.29, 0.717) is 24.8 Å². The predicted octanol–water partition coefficient (Wildman–Crippen LogP) is 2.63. The zero-order chi connectivity index (χ0) is 22.4. The maximum atomic E-state index is 12.6. The molecule has 1 aliphatic carbocycles. The molecule has 0 spiro atoms. The van der Waals surface area contributed by atoms with Crippen molar-refractivity contribution in [2.45, 2.75) is 55.3 Å². The molecule has 0 unspecified atom stereocenters. The average molecular weight is 448 g/mol. The molecule has 4 rings (SSSR count). The molecule has 2 aliphatic heterocycles. The number of hydrogen-bond acceptors (Lipinski definition) is 7. The Balaban J connectivity index is 1.46. The van der Waals surface area contributed by atoms with Crippen LogP contribution in [0.1, 0.15) is 32.6 Å². The molecule has 0 saturated carbocycles. The summed E-state index contributed by atoms with van der Waals surface area (Å²) in [6.45, 7) is 5.99. The molecule has 2 fully saturated rings. The summed E-state index contributed by atoms with van der Waals surface area (Å²) in [4.78, 5) is 22.2. The number of nitro benzene ring substituents is 1. The van der Waals surface area contributed by atoms with Crippen molar-refractivity contribution >= 4 is 21.7 Å². The van der Waals surface area contributed by atoms with E-state index in [1.54, 1.807) is 0 Å². The fraction of sp³-hybridized carbons (Fsp3) is 0.476. The minimum absolute atomic E-state index is 0.0384. The van der Waals surface area contributed by atoms with Crippen LogP contribution in [-0.2, 0) is 24.3 Å². The minimum atomic E-state index is -3.83. The molecule has 1 N–H and O–H groups in total. The number of nitrogens with zero attached hydrogens (tertiary/aromatic N) is 1. The molecule has 3 aliphatic rings. The van der Waals surface area contributed by atoms with Gasteiger partial charge in [-0.05, 0) is 44.7 Å². The van der Waals surface area contributed by atoms with Crippen LogP contribution in [0.15, 0.2) is 53.0 Å². The van der Waals surface area contributed by atoms with Crippen molar-refractivity contribution in [3.8, 4) is 0 Å². The van der Waals surface area contributed by atoms with Gasteiger partial charge in [-0.3, -0.25) is 10.1 Å². The van der Waals surface area contributed by atoms with Crippen molar-refractivity contribution in [3.05, 3.63) is 58.2 Å². The van der Waals surface area contributed by atoms with Crippen molar-refractivity contribution in [1.29, 1.82) is 0 Å². The van der Waals surface area contributed by atoms with E-state index in [2.05, 4.69) is 11.3 Å². The van der Waals surface area contributed by atoms with Gasteiger partial charge in [-0.25, -0.2) is 17.9 Å². The lowest BCUT2D eigenvalue weighted by Gasteiger charge is -2.20. The number of carbonyl (C=O) groups excluding carboxylic acids is 1. The molecule has 10 heteroatoms. The number of nitrogens with one attached hydrogen (secondary N) is 1. The number of allylic oxidation sites excluding steroid dienone is 1. The van der Waals surface area contributed by atoms with Crippen LogP contribution in [0.25, 0.3) is 0 Å². The number of hydrogen-bond donors (Lipinski definition) is 1. The summed E-state index contributed by atoms with van der Waals surface area (Å²) >= 11 is 0. The zero-order valence-electron chi connectivity index (χ0n) is 17.1. The number of rotatable bonds is 5. The molecule has 166 valence electrons. The number of esters is 1. The average Bonchev–Trinajstić information content (AvgIpc) is 3.32. The Kier molecular flexibility index (Phi) is 5.48. The summed E-state index contributed by atoms with van der Waals surface area (Å²) in [7, 11) is -3.83. The van der Waals surface area contributed by atoms with Crippen molar-refractivity contribution in [3.63, 3.8) is 0 Å². The lowest BCUT2D eigenvalue weighted by atomic mass is 9.84. The van der Waals surface area contributed by atoms with E-state index in [0.717, 1.165) is 24.1 Å². The predicted molar refractivity (Wildman–Crippen MR) is 111 cm³/mol. The van der Waals surface area contributed by atoms with Crippen LogP contribution in [0.3, 0.4) is 0 Å². The summed E-state index contributed by atoms with van der Waals surface area (Å²) in [5.74, 6) is -0.552. The highest BCUT2D eigenvalue weighted by atomic mass is 32.2. The van der Waals surface area contributed by atoms with Gasteiger partial charge in [0.25, 0.3) is 5.69 Å². The SMILES string of the molecule is C=C1C(=O)O[C@H]2[C@H]1CC/C(CNS(=O)(=O)c1ccc([N+](=O)[O-])cc1)=C\CC[C@@]1(C)O[C@@H]21. The highest BCUT2D eigenvalue weighted by Crippen LogP contribution is 2.49. The lowest BCUT2D eigenvalue weighted by Crippen LogP contribution is -2.30. The topological polar surface area (TPSA) is 128 Å². The van der Waals surface area contributed by atoms with E-state index in [1.807, 2.05) is 13.0 Å². The van der Waals surface area contributed by atoms with E-state index < -0.39 is 20.9 Å². The third kappa shape index (κ3) is 4.28. The third-order valence-corrected chi connectivity index (χ3v) is 7.70. The number of epoxide rings is 1. The Morgan fingerprint density at radius 3 is 2.71 bits per heavy atom. The van der Waals surface area contributed by atoms with Gasteiger partial charge in [0, 0.05) is 30.2 Å². The normalized spacial score (nSPS) is 32.3. The molecule has 0 bridgehead atoms. The first-order valence-electron chi connectivity index (χ1n) is 10.1. The molecule has 2 saturated heterocycles. The first-order chi connectivity index (χ1) is 14.6. The first kappa shape index (κ1) is 21.7. The monoisotopic (exact) mass is 448 g/mol. The molecule has 1 aromatic rings. The lowest BCUT2D eigenvalue weighted by molar-refractivity contribution is -0.384. The third-order valence-electron chi connectivity index (χ3n) is 6.29. The molecule has 1 aromatic carbocycles. The second-order valence-corrected chi connectivity index (χ2v) is 10.1. The molecule has 4 atom stereocenters. The fourth-order valence-corrected chi connectivity index (χ4v) is 5.34. The van der Waals surface area contributed by atoms with E-state index >= 15 is 0 Å². The largest absolute Gasteiger partial charge is 0.455 e. The molecule has 0 aromatic heterocycles. The first-order valence-corrected chi connectivity index (χ1v) is 11.6. The van der Waals surface area contributed by atoms with Gasteiger partial charge in [0.1, 0.15) is 12.2 Å². The van der Waals surface area contributed by atoms with Crippen LogP contribution in [0.2, 0.25) is 0 Å². The van der Waals surface area contributed by atoms with Crippen LogP contribution in [0.4, 0.5) is 5.69 Å². The molecular formula is C21H24N2O7S. The Bertz CT molecular complexity index is 1060. The highest BCUT2D eigenvalue weighted by Gasteiger charge is 2.61. The van der Waals surface area contributed by atoms with Crippen LogP contribution < -0.4 is 4.72 Å². The van der Waals surface area contributed by atoms with Gasteiger partial charge in [0.15, 0.2) is 0 Å². The number of nitro groups is 1. The van der Waals surface area contributed by atoms with Gasteiger partial charge in [0.2, 0.25) is 10.0 Å². The van der Waals surface area contributed by atoms with E-state index in [-0.39, 0.29) is 40.9 Å². The molecule has 9 nitrogen and oxygen atoms in total. The van der Waals surface area contributed by atoms with E-state index in [9.17, 15) is 23.3 Å². The van der Waals surface area contributed by atoms with Gasteiger partial charge in [-0.1, -0.05) is 18.2 Å². The minimum Gasteiger partial charge on any atom is -0.455 e. The van der Waals surface area contributed by atoms with Crippen molar-refractivity contribution < 1.29 is 27.6 Å². The van der Waals surface area contributed by atoms with Gasteiger partial charge in [-0.2, -0.15) is 0 Å². The maximum absolute atomic E-state index is 12.6. The van der Waals surface area contributed by atoms with Crippen molar-refractivity contribution in [2.24, 2.45) is 5.92 Å².